The van der Waals surface area contributed by atoms with Crippen LogP contribution in [0.2, 0.25) is 0 Å². The molecule has 1 aromatic carbocycles. The number of alkyl halides is 1. The molecule has 1 heterocycles. The summed E-state index contributed by atoms with van der Waals surface area (Å²) in [4.78, 5) is 4.22. The van der Waals surface area contributed by atoms with Crippen molar-refractivity contribution in [3.05, 3.63) is 36.4 Å². The van der Waals surface area contributed by atoms with Crippen LogP contribution in [0.25, 0.3) is 10.9 Å². The van der Waals surface area contributed by atoms with E-state index >= 15 is 0 Å². The van der Waals surface area contributed by atoms with E-state index in [1.807, 2.05) is 30.3 Å². The van der Waals surface area contributed by atoms with Crippen LogP contribution in [0.15, 0.2) is 36.4 Å². The first-order valence-electron chi connectivity index (χ1n) is 4.45. The molecule has 0 saturated carbocycles. The molecule has 72 valence electrons. The Morgan fingerprint density at radius 1 is 1.14 bits per heavy atom. The number of hydrogen-bond acceptors (Lipinski definition) is 2. The summed E-state index contributed by atoms with van der Waals surface area (Å²) >= 11 is 0. The van der Waals surface area contributed by atoms with E-state index in [2.05, 4.69) is 4.98 Å². The van der Waals surface area contributed by atoms with Crippen molar-refractivity contribution in [2.45, 2.75) is 0 Å². The molecule has 0 bridgehead atoms. The van der Waals surface area contributed by atoms with Gasteiger partial charge in [0.25, 0.3) is 0 Å². The predicted molar refractivity (Wildman–Crippen MR) is 53.2 cm³/mol. The van der Waals surface area contributed by atoms with Crippen LogP contribution in [-0.4, -0.2) is 18.3 Å². The molecular weight excluding hydrogens is 181 g/mol. The van der Waals surface area contributed by atoms with Gasteiger partial charge in [-0.05, 0) is 12.1 Å². The number of benzene rings is 1. The Morgan fingerprint density at radius 2 is 2.00 bits per heavy atom. The molecule has 0 aliphatic heterocycles. The number of ether oxygens (including phenoxy) is 1. The monoisotopic (exact) mass is 191 g/mol. The van der Waals surface area contributed by atoms with Crippen LogP contribution in [0.1, 0.15) is 0 Å². The lowest BCUT2D eigenvalue weighted by Gasteiger charge is -2.03. The van der Waals surface area contributed by atoms with Gasteiger partial charge in [-0.15, -0.1) is 0 Å². The fourth-order valence-electron chi connectivity index (χ4n) is 1.27. The van der Waals surface area contributed by atoms with E-state index in [0.29, 0.717) is 5.88 Å². The Hall–Kier alpha value is -1.64. The van der Waals surface area contributed by atoms with Crippen molar-refractivity contribution in [2.75, 3.05) is 13.3 Å². The van der Waals surface area contributed by atoms with Crippen LogP contribution in [0.3, 0.4) is 0 Å². The van der Waals surface area contributed by atoms with E-state index in [1.165, 1.54) is 0 Å². The molecule has 0 N–H and O–H groups in total. The lowest BCUT2D eigenvalue weighted by Crippen LogP contribution is -2.00. The number of hydrogen-bond donors (Lipinski definition) is 0. The molecular formula is C11H10FNO. The Balaban J connectivity index is 2.32. The van der Waals surface area contributed by atoms with Crippen LogP contribution in [0, 0.1) is 0 Å². The van der Waals surface area contributed by atoms with Crippen molar-refractivity contribution < 1.29 is 9.13 Å². The molecule has 3 heteroatoms. The molecule has 0 aliphatic carbocycles. The highest BCUT2D eigenvalue weighted by Crippen LogP contribution is 2.15. The van der Waals surface area contributed by atoms with E-state index in [4.69, 9.17) is 4.74 Å². The second-order valence-corrected chi connectivity index (χ2v) is 2.88. The van der Waals surface area contributed by atoms with Crippen molar-refractivity contribution in [3.8, 4) is 5.88 Å². The summed E-state index contributed by atoms with van der Waals surface area (Å²) in [5.74, 6) is 0.473. The van der Waals surface area contributed by atoms with Gasteiger partial charge in [0.15, 0.2) is 0 Å². The largest absolute Gasteiger partial charge is 0.475 e. The number of para-hydroxylation sites is 1. The molecule has 0 unspecified atom stereocenters. The quantitative estimate of drug-likeness (QED) is 0.743. The fourth-order valence-corrected chi connectivity index (χ4v) is 1.27. The first-order chi connectivity index (χ1) is 6.90. The molecule has 0 fully saturated rings. The van der Waals surface area contributed by atoms with E-state index in [0.717, 1.165) is 10.9 Å². The lowest BCUT2D eigenvalue weighted by atomic mass is 10.2. The molecule has 0 aliphatic rings. The van der Waals surface area contributed by atoms with Gasteiger partial charge >= 0.3 is 0 Å². The minimum Gasteiger partial charge on any atom is -0.475 e. The van der Waals surface area contributed by atoms with Crippen molar-refractivity contribution in [3.63, 3.8) is 0 Å². The van der Waals surface area contributed by atoms with Gasteiger partial charge in [-0.25, -0.2) is 9.37 Å². The van der Waals surface area contributed by atoms with Gasteiger partial charge in [-0.3, -0.25) is 0 Å². The maximum absolute atomic E-state index is 11.8. The highest BCUT2D eigenvalue weighted by Gasteiger charge is 1.97. The molecule has 0 saturated heterocycles. The van der Waals surface area contributed by atoms with Gasteiger partial charge in [-0.1, -0.05) is 18.2 Å². The predicted octanol–water partition coefficient (Wildman–Crippen LogP) is 2.58. The molecule has 2 nitrogen and oxygen atoms in total. The van der Waals surface area contributed by atoms with Gasteiger partial charge in [0.05, 0.1) is 5.52 Å². The highest BCUT2D eigenvalue weighted by atomic mass is 19.1. The number of fused-ring (bicyclic) bond motifs is 1. The number of aromatic nitrogens is 1. The van der Waals surface area contributed by atoms with E-state index < -0.39 is 6.67 Å². The van der Waals surface area contributed by atoms with Gasteiger partial charge in [0.1, 0.15) is 13.3 Å². The van der Waals surface area contributed by atoms with Gasteiger partial charge in [0.2, 0.25) is 5.88 Å². The van der Waals surface area contributed by atoms with Crippen molar-refractivity contribution >= 4 is 10.9 Å². The van der Waals surface area contributed by atoms with E-state index in [9.17, 15) is 4.39 Å². The summed E-state index contributed by atoms with van der Waals surface area (Å²) in [6.45, 7) is -0.431. The Morgan fingerprint density at radius 3 is 2.86 bits per heavy atom. The molecule has 0 radical (unpaired) electrons. The van der Waals surface area contributed by atoms with Crippen LogP contribution < -0.4 is 4.74 Å². The van der Waals surface area contributed by atoms with Crippen LogP contribution in [0.4, 0.5) is 4.39 Å². The first kappa shape index (κ1) is 8.94. The summed E-state index contributed by atoms with van der Waals surface area (Å²) in [6, 6.07) is 11.4. The topological polar surface area (TPSA) is 22.1 Å². The second-order valence-electron chi connectivity index (χ2n) is 2.88. The third-order valence-corrected chi connectivity index (χ3v) is 1.90. The number of halogens is 1. The van der Waals surface area contributed by atoms with Crippen LogP contribution in [0.5, 0.6) is 5.88 Å². The third kappa shape index (κ3) is 1.82. The number of nitrogens with zero attached hydrogens (tertiary/aromatic N) is 1. The average Bonchev–Trinajstić information content (AvgIpc) is 2.26. The molecule has 1 aromatic heterocycles. The van der Waals surface area contributed by atoms with Crippen LogP contribution in [-0.2, 0) is 0 Å². The fraction of sp³-hybridized carbons (Fsp3) is 0.182. The molecule has 2 rings (SSSR count). The molecule has 0 atom stereocenters. The van der Waals surface area contributed by atoms with Crippen molar-refractivity contribution in [2.24, 2.45) is 0 Å². The standard InChI is InChI=1S/C11H10FNO/c12-7-8-14-11-6-5-9-3-1-2-4-10(9)13-11/h1-6H,7-8H2. The molecule has 14 heavy (non-hydrogen) atoms. The van der Waals surface area contributed by atoms with Gasteiger partial charge in [-0.2, -0.15) is 0 Å². The minimum atomic E-state index is -0.492. The third-order valence-electron chi connectivity index (χ3n) is 1.90. The summed E-state index contributed by atoms with van der Waals surface area (Å²) in [5, 5.41) is 1.06. The summed E-state index contributed by atoms with van der Waals surface area (Å²) in [7, 11) is 0. The van der Waals surface area contributed by atoms with Gasteiger partial charge < -0.3 is 4.74 Å². The summed E-state index contributed by atoms with van der Waals surface area (Å²) < 4.78 is 16.9. The SMILES string of the molecule is FCCOc1ccc2ccccc2n1. The summed E-state index contributed by atoms with van der Waals surface area (Å²) in [6.07, 6.45) is 0. The van der Waals surface area contributed by atoms with Crippen molar-refractivity contribution in [1.82, 2.24) is 4.98 Å². The normalized spacial score (nSPS) is 10.4. The maximum Gasteiger partial charge on any atom is 0.213 e. The average molecular weight is 191 g/mol. The Labute approximate surface area is 81.3 Å². The second kappa shape index (κ2) is 4.05. The summed E-state index contributed by atoms with van der Waals surface area (Å²) in [5.41, 5.74) is 0.865. The van der Waals surface area contributed by atoms with Crippen molar-refractivity contribution in [1.29, 1.82) is 0 Å². The van der Waals surface area contributed by atoms with Gasteiger partial charge in [0, 0.05) is 11.5 Å². The molecule has 0 amide bonds. The maximum atomic E-state index is 11.8. The molecule has 2 aromatic rings. The minimum absolute atomic E-state index is 0.0609. The van der Waals surface area contributed by atoms with E-state index in [1.54, 1.807) is 6.07 Å². The highest BCUT2D eigenvalue weighted by molar-refractivity contribution is 5.78. The number of pyridine rings is 1. The lowest BCUT2D eigenvalue weighted by molar-refractivity contribution is 0.265. The van der Waals surface area contributed by atoms with Crippen LogP contribution >= 0.6 is 0 Å². The zero-order valence-corrected chi connectivity index (χ0v) is 7.61. The Bertz CT molecular complexity index is 430. The zero-order valence-electron chi connectivity index (χ0n) is 7.61. The smallest absolute Gasteiger partial charge is 0.213 e. The number of rotatable bonds is 3. The van der Waals surface area contributed by atoms with E-state index in [-0.39, 0.29) is 6.61 Å². The zero-order chi connectivity index (χ0) is 9.80. The molecule has 0 spiro atoms. The Kier molecular flexibility index (Phi) is 2.58. The first-order valence-corrected chi connectivity index (χ1v) is 4.45.